The van der Waals surface area contributed by atoms with Crippen molar-refractivity contribution in [3.05, 3.63) is 35.4 Å². The fourth-order valence-electron chi connectivity index (χ4n) is 1.00. The second kappa shape index (κ2) is 5.35. The van der Waals surface area contributed by atoms with Crippen molar-refractivity contribution < 1.29 is 4.79 Å². The summed E-state index contributed by atoms with van der Waals surface area (Å²) >= 11 is 11.0. The first-order valence-corrected chi connectivity index (χ1v) is 5.29. The molecular formula is C10H12Cl2N2O. The molecule has 3 nitrogen and oxygen atoms in total. The van der Waals surface area contributed by atoms with Crippen LogP contribution in [0.3, 0.4) is 0 Å². The van der Waals surface area contributed by atoms with E-state index in [2.05, 4.69) is 5.32 Å². The van der Waals surface area contributed by atoms with Gasteiger partial charge in [0.05, 0.1) is 0 Å². The predicted molar refractivity (Wildman–Crippen MR) is 62.1 cm³/mol. The predicted octanol–water partition coefficient (Wildman–Crippen LogP) is 1.81. The average Bonchev–Trinajstić information content (AvgIpc) is 2.18. The number of aryl methyl sites for hydroxylation is 1. The molecule has 0 aromatic heterocycles. The highest BCUT2D eigenvalue weighted by Crippen LogP contribution is 2.06. The van der Waals surface area contributed by atoms with Gasteiger partial charge in [-0.3, -0.25) is 4.79 Å². The monoisotopic (exact) mass is 246 g/mol. The number of amides is 1. The summed E-state index contributed by atoms with van der Waals surface area (Å²) in [6.07, 6.45) is -0.762. The molecule has 15 heavy (non-hydrogen) atoms. The zero-order chi connectivity index (χ0) is 11.4. The summed E-state index contributed by atoms with van der Waals surface area (Å²) < 4.78 is 0. The number of carbonyl (C=O) groups is 1. The topological polar surface area (TPSA) is 55.1 Å². The maximum atomic E-state index is 11.6. The van der Waals surface area contributed by atoms with E-state index >= 15 is 0 Å². The van der Waals surface area contributed by atoms with Crippen LogP contribution in [0.2, 0.25) is 0 Å². The van der Waals surface area contributed by atoms with Crippen LogP contribution in [0, 0.1) is 6.92 Å². The van der Waals surface area contributed by atoms with Crippen LogP contribution in [0.1, 0.15) is 15.9 Å². The molecule has 1 amide bonds. The van der Waals surface area contributed by atoms with E-state index in [4.69, 9.17) is 28.9 Å². The highest BCUT2D eigenvalue weighted by molar-refractivity contribution is 6.44. The molecule has 0 bridgehead atoms. The lowest BCUT2D eigenvalue weighted by Gasteiger charge is -2.14. The zero-order valence-corrected chi connectivity index (χ0v) is 9.72. The molecule has 0 fully saturated rings. The van der Waals surface area contributed by atoms with Gasteiger partial charge in [-0.15, -0.1) is 23.2 Å². The minimum absolute atomic E-state index is 0.284. The SMILES string of the molecule is Cc1ccc(C(=O)NC(N)C(Cl)Cl)cc1. The van der Waals surface area contributed by atoms with Crippen molar-refractivity contribution in [2.75, 3.05) is 0 Å². The Balaban J connectivity index is 2.65. The molecule has 0 aliphatic heterocycles. The van der Waals surface area contributed by atoms with Gasteiger partial charge in [-0.05, 0) is 19.1 Å². The number of hydrogen-bond donors (Lipinski definition) is 2. The second-order valence-electron chi connectivity index (χ2n) is 3.20. The minimum atomic E-state index is -0.820. The van der Waals surface area contributed by atoms with Crippen molar-refractivity contribution in [2.24, 2.45) is 5.73 Å². The lowest BCUT2D eigenvalue weighted by Crippen LogP contribution is -2.45. The number of carbonyl (C=O) groups excluding carboxylic acids is 1. The molecule has 0 heterocycles. The van der Waals surface area contributed by atoms with Gasteiger partial charge in [0.2, 0.25) is 0 Å². The lowest BCUT2D eigenvalue weighted by molar-refractivity contribution is 0.0940. The number of nitrogens with two attached hydrogens (primary N) is 1. The Kier molecular flexibility index (Phi) is 4.39. The highest BCUT2D eigenvalue weighted by atomic mass is 35.5. The minimum Gasteiger partial charge on any atom is -0.334 e. The number of halogens is 2. The van der Waals surface area contributed by atoms with Crippen LogP contribution in [0.5, 0.6) is 0 Å². The molecular weight excluding hydrogens is 235 g/mol. The van der Waals surface area contributed by atoms with Gasteiger partial charge >= 0.3 is 0 Å². The molecule has 0 aliphatic rings. The van der Waals surface area contributed by atoms with Gasteiger partial charge in [0.15, 0.2) is 0 Å². The fraction of sp³-hybridized carbons (Fsp3) is 0.300. The first kappa shape index (κ1) is 12.3. The van der Waals surface area contributed by atoms with Gasteiger partial charge < -0.3 is 11.1 Å². The zero-order valence-electron chi connectivity index (χ0n) is 8.21. The summed E-state index contributed by atoms with van der Waals surface area (Å²) in [6.45, 7) is 1.95. The third kappa shape index (κ3) is 3.70. The normalized spacial score (nSPS) is 12.6. The van der Waals surface area contributed by atoms with E-state index in [0.29, 0.717) is 5.56 Å². The lowest BCUT2D eigenvalue weighted by atomic mass is 10.1. The van der Waals surface area contributed by atoms with Crippen LogP contribution in [0.15, 0.2) is 24.3 Å². The van der Waals surface area contributed by atoms with Crippen LogP contribution in [-0.2, 0) is 0 Å². The molecule has 82 valence electrons. The van der Waals surface area contributed by atoms with Crippen LogP contribution in [-0.4, -0.2) is 16.9 Å². The Labute approximate surface area is 98.5 Å². The molecule has 0 aliphatic carbocycles. The standard InChI is InChI=1S/C10H12Cl2N2O/c1-6-2-4-7(5-3-6)10(15)14-9(13)8(11)12/h2-5,8-9H,13H2,1H3,(H,14,15). The summed E-state index contributed by atoms with van der Waals surface area (Å²) in [5.74, 6) is -0.284. The van der Waals surface area contributed by atoms with E-state index in [1.165, 1.54) is 0 Å². The first-order valence-electron chi connectivity index (χ1n) is 4.42. The number of alkyl halides is 2. The quantitative estimate of drug-likeness (QED) is 0.632. The third-order valence-electron chi connectivity index (χ3n) is 1.88. The summed E-state index contributed by atoms with van der Waals surface area (Å²) in [6, 6.07) is 7.13. The van der Waals surface area contributed by atoms with E-state index in [-0.39, 0.29) is 5.91 Å². The smallest absolute Gasteiger partial charge is 0.252 e. The average molecular weight is 247 g/mol. The van der Waals surface area contributed by atoms with Crippen molar-refractivity contribution in [3.63, 3.8) is 0 Å². The fourth-order valence-corrected chi connectivity index (χ4v) is 1.13. The van der Waals surface area contributed by atoms with E-state index in [1.807, 2.05) is 19.1 Å². The third-order valence-corrected chi connectivity index (χ3v) is 2.43. The Morgan fingerprint density at radius 3 is 2.33 bits per heavy atom. The molecule has 1 rings (SSSR count). The van der Waals surface area contributed by atoms with Gasteiger partial charge in [0.1, 0.15) is 11.0 Å². The highest BCUT2D eigenvalue weighted by Gasteiger charge is 2.15. The molecule has 1 atom stereocenters. The Morgan fingerprint density at radius 1 is 1.33 bits per heavy atom. The van der Waals surface area contributed by atoms with Crippen LogP contribution < -0.4 is 11.1 Å². The number of hydrogen-bond acceptors (Lipinski definition) is 2. The van der Waals surface area contributed by atoms with Gasteiger partial charge in [-0.1, -0.05) is 17.7 Å². The number of benzene rings is 1. The molecule has 0 saturated heterocycles. The molecule has 1 unspecified atom stereocenters. The van der Waals surface area contributed by atoms with Crippen molar-refractivity contribution in [2.45, 2.75) is 17.9 Å². The van der Waals surface area contributed by atoms with E-state index in [0.717, 1.165) is 5.56 Å². The maximum absolute atomic E-state index is 11.6. The van der Waals surface area contributed by atoms with Crippen molar-refractivity contribution in [3.8, 4) is 0 Å². The van der Waals surface area contributed by atoms with E-state index < -0.39 is 11.0 Å². The second-order valence-corrected chi connectivity index (χ2v) is 4.36. The summed E-state index contributed by atoms with van der Waals surface area (Å²) in [5.41, 5.74) is 7.11. The number of nitrogens with one attached hydrogen (secondary N) is 1. The summed E-state index contributed by atoms with van der Waals surface area (Å²) in [5, 5.41) is 2.49. The Morgan fingerprint density at radius 2 is 1.87 bits per heavy atom. The van der Waals surface area contributed by atoms with Gasteiger partial charge in [0, 0.05) is 5.56 Å². The van der Waals surface area contributed by atoms with Gasteiger partial charge in [-0.25, -0.2) is 0 Å². The molecule has 1 aromatic carbocycles. The molecule has 3 N–H and O–H groups in total. The largest absolute Gasteiger partial charge is 0.334 e. The molecule has 0 radical (unpaired) electrons. The molecule has 0 spiro atoms. The molecule has 1 aromatic rings. The molecule has 5 heteroatoms. The van der Waals surface area contributed by atoms with Crippen LogP contribution >= 0.6 is 23.2 Å². The molecule has 0 saturated carbocycles. The Hall–Kier alpha value is -0.770. The van der Waals surface area contributed by atoms with Crippen molar-refractivity contribution in [1.29, 1.82) is 0 Å². The number of rotatable bonds is 3. The van der Waals surface area contributed by atoms with Crippen LogP contribution in [0.4, 0.5) is 0 Å². The van der Waals surface area contributed by atoms with E-state index in [1.54, 1.807) is 12.1 Å². The summed E-state index contributed by atoms with van der Waals surface area (Å²) in [4.78, 5) is 10.7. The first-order chi connectivity index (χ1) is 7.00. The Bertz CT molecular complexity index is 338. The van der Waals surface area contributed by atoms with Gasteiger partial charge in [-0.2, -0.15) is 0 Å². The van der Waals surface area contributed by atoms with Gasteiger partial charge in [0.25, 0.3) is 5.91 Å². The van der Waals surface area contributed by atoms with Crippen molar-refractivity contribution in [1.82, 2.24) is 5.32 Å². The van der Waals surface area contributed by atoms with Crippen LogP contribution in [0.25, 0.3) is 0 Å². The van der Waals surface area contributed by atoms with Crippen molar-refractivity contribution >= 4 is 29.1 Å². The summed E-state index contributed by atoms with van der Waals surface area (Å²) in [7, 11) is 0. The van der Waals surface area contributed by atoms with E-state index in [9.17, 15) is 4.79 Å². The maximum Gasteiger partial charge on any atom is 0.252 e.